The molecule has 7 nitrogen and oxygen atoms in total. The van der Waals surface area contributed by atoms with Crippen molar-refractivity contribution in [3.05, 3.63) is 99.3 Å². The van der Waals surface area contributed by atoms with Gasteiger partial charge in [0.2, 0.25) is 0 Å². The van der Waals surface area contributed by atoms with Crippen LogP contribution < -0.4 is 11.2 Å². The molecule has 9 heteroatoms. The largest absolute Gasteiger partial charge is 0.334 e. The van der Waals surface area contributed by atoms with Crippen molar-refractivity contribution in [1.82, 2.24) is 9.13 Å². The van der Waals surface area contributed by atoms with Gasteiger partial charge in [0.15, 0.2) is 11.3 Å². The molecule has 0 radical (unpaired) electrons. The minimum Gasteiger partial charge on any atom is -0.282 e. The molecule has 0 fully saturated rings. The van der Waals surface area contributed by atoms with Crippen LogP contribution in [0.4, 0.5) is 4.39 Å². The van der Waals surface area contributed by atoms with Gasteiger partial charge in [-0.25, -0.2) is 9.18 Å². The lowest BCUT2D eigenvalue weighted by atomic mass is 9.96. The van der Waals surface area contributed by atoms with E-state index in [9.17, 15) is 22.2 Å². The zero-order valence-electron chi connectivity index (χ0n) is 18.3. The van der Waals surface area contributed by atoms with Gasteiger partial charge in [0.05, 0.1) is 11.9 Å². The molecule has 0 aliphatic heterocycles. The maximum absolute atomic E-state index is 14.6. The van der Waals surface area contributed by atoms with E-state index >= 15 is 0 Å². The van der Waals surface area contributed by atoms with Crippen LogP contribution in [0.3, 0.4) is 0 Å². The van der Waals surface area contributed by atoms with E-state index in [1.807, 2.05) is 43.3 Å². The summed E-state index contributed by atoms with van der Waals surface area (Å²) in [5, 5.41) is 7.78. The van der Waals surface area contributed by atoms with Gasteiger partial charge in [-0.05, 0) is 40.8 Å². The van der Waals surface area contributed by atoms with Crippen molar-refractivity contribution in [3.8, 4) is 27.9 Å². The van der Waals surface area contributed by atoms with E-state index in [4.69, 9.17) is 5.41 Å². The summed E-state index contributed by atoms with van der Waals surface area (Å²) in [6.45, 7) is 1.89. The molecule has 0 bridgehead atoms. The minimum absolute atomic E-state index is 0.119. The SMILES string of the molecule is Cc1ccc(-c2cc3c(c(-n4cc(F)c(=N)n(C)c4=O)c2S(=O)(=O)O)Cc2ccccc2-3)cc1. The zero-order valence-corrected chi connectivity index (χ0v) is 19.1. The third kappa shape index (κ3) is 3.32. The Kier molecular flexibility index (Phi) is 4.92. The lowest BCUT2D eigenvalue weighted by molar-refractivity contribution is 0.482. The molecule has 1 heterocycles. The summed E-state index contributed by atoms with van der Waals surface area (Å²) in [6, 6.07) is 16.3. The Morgan fingerprint density at radius 1 is 1.03 bits per heavy atom. The van der Waals surface area contributed by atoms with Crippen molar-refractivity contribution in [3.63, 3.8) is 0 Å². The highest BCUT2D eigenvalue weighted by atomic mass is 32.2. The fourth-order valence-electron chi connectivity index (χ4n) is 4.51. The maximum atomic E-state index is 14.6. The third-order valence-electron chi connectivity index (χ3n) is 6.19. The van der Waals surface area contributed by atoms with Gasteiger partial charge in [0, 0.05) is 19.0 Å². The predicted octanol–water partition coefficient (Wildman–Crippen LogP) is 3.59. The van der Waals surface area contributed by atoms with E-state index in [1.54, 1.807) is 18.2 Å². The highest BCUT2D eigenvalue weighted by Crippen LogP contribution is 2.45. The van der Waals surface area contributed by atoms with Crippen LogP contribution in [0, 0.1) is 18.2 Å². The first-order valence-corrected chi connectivity index (χ1v) is 11.9. The first-order valence-electron chi connectivity index (χ1n) is 10.4. The summed E-state index contributed by atoms with van der Waals surface area (Å²) >= 11 is 0. The molecule has 0 saturated carbocycles. The molecule has 1 aliphatic rings. The summed E-state index contributed by atoms with van der Waals surface area (Å²) < 4.78 is 52.3. The van der Waals surface area contributed by atoms with Crippen LogP contribution in [-0.4, -0.2) is 22.1 Å². The molecule has 1 aromatic heterocycles. The van der Waals surface area contributed by atoms with Gasteiger partial charge in [0.25, 0.3) is 10.1 Å². The standard InChI is InChI=1S/C25H20FN3O4S/c1-14-7-9-15(10-8-14)18-12-19-17-6-4-3-5-16(17)11-20(19)22(23(18)34(31,32)33)29-13-21(26)24(27)28(2)25(29)30/h3-10,12-13,27H,11H2,1-2H3,(H,31,32,33). The number of hydrogen-bond donors (Lipinski definition) is 2. The number of hydrogen-bond acceptors (Lipinski definition) is 4. The second-order valence-electron chi connectivity index (χ2n) is 8.34. The highest BCUT2D eigenvalue weighted by molar-refractivity contribution is 7.86. The second kappa shape index (κ2) is 7.61. The summed E-state index contributed by atoms with van der Waals surface area (Å²) in [5.74, 6) is -1.01. The summed E-state index contributed by atoms with van der Waals surface area (Å²) in [5.41, 5.74) is 3.05. The monoisotopic (exact) mass is 477 g/mol. The van der Waals surface area contributed by atoms with Gasteiger partial charge in [-0.1, -0.05) is 54.1 Å². The van der Waals surface area contributed by atoms with Crippen molar-refractivity contribution in [1.29, 1.82) is 5.41 Å². The molecule has 172 valence electrons. The Morgan fingerprint density at radius 3 is 2.38 bits per heavy atom. The number of halogens is 1. The van der Waals surface area contributed by atoms with Crippen LogP contribution in [0.2, 0.25) is 0 Å². The van der Waals surface area contributed by atoms with Crippen molar-refractivity contribution >= 4 is 10.1 Å². The van der Waals surface area contributed by atoms with E-state index in [2.05, 4.69) is 0 Å². The second-order valence-corrected chi connectivity index (χ2v) is 9.70. The van der Waals surface area contributed by atoms with Gasteiger partial charge in [-0.15, -0.1) is 0 Å². The Labute approximate surface area is 194 Å². The zero-order chi connectivity index (χ0) is 24.4. The Morgan fingerprint density at radius 2 is 1.71 bits per heavy atom. The molecular weight excluding hydrogens is 457 g/mol. The first-order chi connectivity index (χ1) is 16.1. The minimum atomic E-state index is -4.87. The van der Waals surface area contributed by atoms with Crippen LogP contribution in [0.25, 0.3) is 27.9 Å². The molecule has 0 amide bonds. The quantitative estimate of drug-likeness (QED) is 0.388. The molecule has 3 aromatic carbocycles. The highest BCUT2D eigenvalue weighted by Gasteiger charge is 2.32. The molecule has 2 N–H and O–H groups in total. The number of fused-ring (bicyclic) bond motifs is 3. The molecule has 34 heavy (non-hydrogen) atoms. The normalized spacial score (nSPS) is 12.5. The molecule has 0 saturated heterocycles. The number of benzene rings is 3. The number of rotatable bonds is 3. The molecule has 4 aromatic rings. The molecule has 0 unspecified atom stereocenters. The van der Waals surface area contributed by atoms with Gasteiger partial charge in [-0.3, -0.25) is 19.1 Å². The Bertz CT molecular complexity index is 1720. The Balaban J connectivity index is 2.01. The molecular formula is C25H20FN3O4S. The number of aryl methyl sites for hydroxylation is 1. The van der Waals surface area contributed by atoms with Crippen LogP contribution in [0.1, 0.15) is 16.7 Å². The fourth-order valence-corrected chi connectivity index (χ4v) is 5.43. The smallest absolute Gasteiger partial charge is 0.282 e. The van der Waals surface area contributed by atoms with Gasteiger partial charge in [-0.2, -0.15) is 8.42 Å². The van der Waals surface area contributed by atoms with Gasteiger partial charge >= 0.3 is 5.69 Å². The average Bonchev–Trinajstić information content (AvgIpc) is 3.17. The third-order valence-corrected chi connectivity index (χ3v) is 7.12. The molecule has 5 rings (SSSR count). The first kappa shape index (κ1) is 22.0. The van der Waals surface area contributed by atoms with Crippen molar-refractivity contribution < 1.29 is 17.4 Å². The van der Waals surface area contributed by atoms with E-state index in [0.29, 0.717) is 16.7 Å². The van der Waals surface area contributed by atoms with E-state index in [0.717, 1.165) is 32.0 Å². The number of nitrogens with one attached hydrogen (secondary N) is 1. The molecule has 0 spiro atoms. The molecule has 0 atom stereocenters. The number of aromatic nitrogens is 2. The topological polar surface area (TPSA) is 105 Å². The van der Waals surface area contributed by atoms with Crippen LogP contribution in [0.15, 0.2) is 70.5 Å². The lowest BCUT2D eigenvalue weighted by Crippen LogP contribution is -2.39. The van der Waals surface area contributed by atoms with E-state index < -0.39 is 32.0 Å². The Hall–Kier alpha value is -3.82. The fraction of sp³-hybridized carbons (Fsp3) is 0.120. The van der Waals surface area contributed by atoms with Crippen molar-refractivity contribution in [2.45, 2.75) is 18.2 Å². The van der Waals surface area contributed by atoms with Crippen molar-refractivity contribution in [2.75, 3.05) is 0 Å². The van der Waals surface area contributed by atoms with E-state index in [1.165, 1.54) is 7.05 Å². The maximum Gasteiger partial charge on any atom is 0.334 e. The average molecular weight is 478 g/mol. The van der Waals surface area contributed by atoms with Crippen LogP contribution in [0.5, 0.6) is 0 Å². The van der Waals surface area contributed by atoms with Gasteiger partial charge < -0.3 is 0 Å². The predicted molar refractivity (Wildman–Crippen MR) is 125 cm³/mol. The summed E-state index contributed by atoms with van der Waals surface area (Å²) in [6.07, 6.45) is 1.09. The van der Waals surface area contributed by atoms with E-state index in [-0.39, 0.29) is 17.7 Å². The van der Waals surface area contributed by atoms with Crippen LogP contribution in [-0.2, 0) is 23.6 Å². The van der Waals surface area contributed by atoms with Gasteiger partial charge in [0.1, 0.15) is 4.90 Å². The van der Waals surface area contributed by atoms with Crippen LogP contribution >= 0.6 is 0 Å². The molecule has 1 aliphatic carbocycles. The summed E-state index contributed by atoms with van der Waals surface area (Å²) in [4.78, 5) is 12.7. The van der Waals surface area contributed by atoms with Crippen molar-refractivity contribution in [2.24, 2.45) is 7.05 Å². The lowest BCUT2D eigenvalue weighted by Gasteiger charge is -2.20. The summed E-state index contributed by atoms with van der Waals surface area (Å²) in [7, 11) is -3.64. The number of nitrogens with zero attached hydrogens (tertiary/aromatic N) is 2.